The second-order valence-electron chi connectivity index (χ2n) is 7.43. The van der Waals surface area contributed by atoms with Crippen LogP contribution >= 0.6 is 0 Å². The molecule has 31 heavy (non-hydrogen) atoms. The van der Waals surface area contributed by atoms with Gasteiger partial charge in [0.2, 0.25) is 0 Å². The van der Waals surface area contributed by atoms with Crippen LogP contribution in [0.4, 0.5) is 5.69 Å². The molecule has 0 spiro atoms. The number of phenols is 1. The molecule has 0 unspecified atom stereocenters. The molecule has 2 N–H and O–H groups in total. The fraction of sp³-hybridized carbons (Fsp3) is 0.0769. The van der Waals surface area contributed by atoms with Gasteiger partial charge in [0.1, 0.15) is 5.75 Å². The monoisotopic (exact) mass is 409 g/mol. The van der Waals surface area contributed by atoms with Crippen LogP contribution in [0.15, 0.2) is 96.1 Å². The SMILES string of the molecule is CN(C)c1ccc(C(=NNC(=O)c2cc3ccccc3cc2O)c2ccccc2)cc1. The van der Waals surface area contributed by atoms with Gasteiger partial charge in [-0.2, -0.15) is 5.10 Å². The van der Waals surface area contributed by atoms with Crippen LogP contribution in [0.3, 0.4) is 0 Å². The van der Waals surface area contributed by atoms with E-state index in [0.29, 0.717) is 5.71 Å². The summed E-state index contributed by atoms with van der Waals surface area (Å²) in [4.78, 5) is 14.9. The Morgan fingerprint density at radius 2 is 1.39 bits per heavy atom. The molecule has 4 aromatic carbocycles. The molecule has 4 aromatic rings. The number of rotatable bonds is 5. The van der Waals surface area contributed by atoms with E-state index in [4.69, 9.17) is 0 Å². The minimum atomic E-state index is -0.471. The molecular weight excluding hydrogens is 386 g/mol. The van der Waals surface area contributed by atoms with Crippen LogP contribution in [0.1, 0.15) is 21.5 Å². The lowest BCUT2D eigenvalue weighted by Gasteiger charge is -2.14. The van der Waals surface area contributed by atoms with Gasteiger partial charge in [0.25, 0.3) is 5.91 Å². The smallest absolute Gasteiger partial charge is 0.275 e. The maximum absolute atomic E-state index is 12.8. The highest BCUT2D eigenvalue weighted by Crippen LogP contribution is 2.25. The highest BCUT2D eigenvalue weighted by atomic mass is 16.3. The molecule has 0 fully saturated rings. The average molecular weight is 409 g/mol. The zero-order valence-corrected chi connectivity index (χ0v) is 17.4. The second-order valence-corrected chi connectivity index (χ2v) is 7.43. The van der Waals surface area contributed by atoms with Crippen LogP contribution in [0.5, 0.6) is 5.75 Å². The Hall–Kier alpha value is -4.12. The number of aromatic hydroxyl groups is 1. The van der Waals surface area contributed by atoms with Crippen molar-refractivity contribution in [3.05, 3.63) is 108 Å². The second kappa shape index (κ2) is 8.71. The molecule has 154 valence electrons. The Labute approximate surface area is 181 Å². The Morgan fingerprint density at radius 3 is 2.03 bits per heavy atom. The number of nitrogens with zero attached hydrogens (tertiary/aromatic N) is 2. The molecule has 0 heterocycles. The van der Waals surface area contributed by atoms with Crippen molar-refractivity contribution in [3.63, 3.8) is 0 Å². The minimum absolute atomic E-state index is 0.0806. The highest BCUT2D eigenvalue weighted by Gasteiger charge is 2.14. The van der Waals surface area contributed by atoms with E-state index in [2.05, 4.69) is 10.5 Å². The van der Waals surface area contributed by atoms with Crippen molar-refractivity contribution < 1.29 is 9.90 Å². The maximum Gasteiger partial charge on any atom is 0.275 e. The van der Waals surface area contributed by atoms with E-state index in [0.717, 1.165) is 27.6 Å². The molecule has 0 atom stereocenters. The third-order valence-corrected chi connectivity index (χ3v) is 5.08. The third kappa shape index (κ3) is 4.41. The third-order valence-electron chi connectivity index (χ3n) is 5.08. The number of carbonyl (C=O) groups excluding carboxylic acids is 1. The van der Waals surface area contributed by atoms with Crippen molar-refractivity contribution >= 4 is 28.1 Å². The van der Waals surface area contributed by atoms with Crippen LogP contribution in [0.25, 0.3) is 10.8 Å². The summed E-state index contributed by atoms with van der Waals surface area (Å²) in [5, 5.41) is 16.5. The predicted molar refractivity (Wildman–Crippen MR) is 126 cm³/mol. The Kier molecular flexibility index (Phi) is 5.67. The first kappa shape index (κ1) is 20.2. The van der Waals surface area contributed by atoms with E-state index in [9.17, 15) is 9.90 Å². The molecule has 0 radical (unpaired) electrons. The largest absolute Gasteiger partial charge is 0.507 e. The fourth-order valence-electron chi connectivity index (χ4n) is 3.39. The van der Waals surface area contributed by atoms with Gasteiger partial charge in [0, 0.05) is 30.9 Å². The summed E-state index contributed by atoms with van der Waals surface area (Å²) < 4.78 is 0. The fourth-order valence-corrected chi connectivity index (χ4v) is 3.39. The van der Waals surface area contributed by atoms with Crippen LogP contribution < -0.4 is 10.3 Å². The number of benzene rings is 4. The topological polar surface area (TPSA) is 64.9 Å². The van der Waals surface area contributed by atoms with Gasteiger partial charge < -0.3 is 10.0 Å². The van der Waals surface area contributed by atoms with E-state index in [-0.39, 0.29) is 11.3 Å². The summed E-state index contributed by atoms with van der Waals surface area (Å²) in [5.74, 6) is -0.551. The van der Waals surface area contributed by atoms with E-state index < -0.39 is 5.91 Å². The van der Waals surface area contributed by atoms with E-state index >= 15 is 0 Å². The molecule has 5 heteroatoms. The van der Waals surface area contributed by atoms with Gasteiger partial charge in [0.05, 0.1) is 11.3 Å². The van der Waals surface area contributed by atoms with Crippen molar-refractivity contribution in [1.29, 1.82) is 0 Å². The number of amides is 1. The molecule has 1 amide bonds. The zero-order valence-electron chi connectivity index (χ0n) is 17.4. The van der Waals surface area contributed by atoms with Gasteiger partial charge in [-0.15, -0.1) is 0 Å². The van der Waals surface area contributed by atoms with Crippen molar-refractivity contribution in [2.24, 2.45) is 5.10 Å². The number of hydrazone groups is 1. The molecule has 5 nitrogen and oxygen atoms in total. The number of fused-ring (bicyclic) bond motifs is 1. The van der Waals surface area contributed by atoms with E-state index in [1.54, 1.807) is 12.1 Å². The number of hydrogen-bond acceptors (Lipinski definition) is 4. The van der Waals surface area contributed by atoms with Crippen molar-refractivity contribution in [2.75, 3.05) is 19.0 Å². The van der Waals surface area contributed by atoms with Gasteiger partial charge in [-0.05, 0) is 35.0 Å². The summed E-state index contributed by atoms with van der Waals surface area (Å²) in [5.41, 5.74) is 6.26. The summed E-state index contributed by atoms with van der Waals surface area (Å²) in [7, 11) is 3.97. The average Bonchev–Trinajstić information content (AvgIpc) is 2.79. The standard InChI is InChI=1S/C26H23N3O2/c1-29(2)22-14-12-19(13-15-22)25(18-8-4-3-5-9-18)27-28-26(31)23-16-20-10-6-7-11-21(20)17-24(23)30/h3-17,30H,1-2H3,(H,28,31). The Balaban J connectivity index is 1.68. The molecular formula is C26H23N3O2. The number of carbonyl (C=O) groups is 1. The summed E-state index contributed by atoms with van der Waals surface area (Å²) in [6, 6.07) is 28.5. The number of nitrogens with one attached hydrogen (secondary N) is 1. The van der Waals surface area contributed by atoms with Gasteiger partial charge in [0.15, 0.2) is 0 Å². The first-order chi connectivity index (χ1) is 15.0. The Bertz CT molecular complexity index is 1250. The number of anilines is 1. The number of phenolic OH excluding ortho intramolecular Hbond substituents is 1. The molecule has 0 bridgehead atoms. The highest BCUT2D eigenvalue weighted by molar-refractivity contribution is 6.13. The van der Waals surface area contributed by atoms with Crippen molar-refractivity contribution in [1.82, 2.24) is 5.43 Å². The minimum Gasteiger partial charge on any atom is -0.507 e. The molecule has 0 saturated carbocycles. The number of hydrogen-bond donors (Lipinski definition) is 2. The van der Waals surface area contributed by atoms with E-state index in [1.807, 2.05) is 97.9 Å². The lowest BCUT2D eigenvalue weighted by Crippen LogP contribution is -2.21. The molecule has 4 rings (SSSR count). The molecule has 0 aliphatic carbocycles. The lowest BCUT2D eigenvalue weighted by molar-refractivity contribution is 0.0952. The zero-order chi connectivity index (χ0) is 21.8. The predicted octanol–water partition coefficient (Wildman–Crippen LogP) is 4.79. The summed E-state index contributed by atoms with van der Waals surface area (Å²) in [6.45, 7) is 0. The van der Waals surface area contributed by atoms with Crippen LogP contribution in [-0.4, -0.2) is 30.8 Å². The normalized spacial score (nSPS) is 11.4. The van der Waals surface area contributed by atoms with Crippen LogP contribution in [0, 0.1) is 0 Å². The van der Waals surface area contributed by atoms with Crippen LogP contribution in [-0.2, 0) is 0 Å². The van der Waals surface area contributed by atoms with Crippen molar-refractivity contribution in [3.8, 4) is 5.75 Å². The first-order valence-electron chi connectivity index (χ1n) is 9.96. The molecule has 0 saturated heterocycles. The van der Waals surface area contributed by atoms with Gasteiger partial charge in [-0.25, -0.2) is 5.43 Å². The maximum atomic E-state index is 12.8. The summed E-state index contributed by atoms with van der Waals surface area (Å²) >= 11 is 0. The van der Waals surface area contributed by atoms with E-state index in [1.165, 1.54) is 0 Å². The van der Waals surface area contributed by atoms with Crippen LogP contribution in [0.2, 0.25) is 0 Å². The molecule has 0 aliphatic heterocycles. The van der Waals surface area contributed by atoms with Gasteiger partial charge >= 0.3 is 0 Å². The van der Waals surface area contributed by atoms with Gasteiger partial charge in [-0.3, -0.25) is 4.79 Å². The Morgan fingerprint density at radius 1 is 0.806 bits per heavy atom. The van der Waals surface area contributed by atoms with Gasteiger partial charge in [-0.1, -0.05) is 66.7 Å². The molecule has 0 aromatic heterocycles. The summed E-state index contributed by atoms with van der Waals surface area (Å²) in [6.07, 6.45) is 0. The van der Waals surface area contributed by atoms with Crippen molar-refractivity contribution in [2.45, 2.75) is 0 Å². The lowest BCUT2D eigenvalue weighted by atomic mass is 10.0. The first-order valence-corrected chi connectivity index (χ1v) is 9.96. The molecule has 0 aliphatic rings. The quantitative estimate of drug-likeness (QED) is 0.368.